The average molecular weight is 589 g/mol. The monoisotopic (exact) mass is 588 g/mol. The fourth-order valence-corrected chi connectivity index (χ4v) is 3.89. The highest BCUT2D eigenvalue weighted by atomic mass is 16.6. The molecule has 222 valence electrons. The van der Waals surface area contributed by atoms with Crippen LogP contribution in [0, 0.1) is 23.0 Å². The number of nitriles is 2. The van der Waals surface area contributed by atoms with Crippen molar-refractivity contribution < 1.29 is 28.4 Å². The molecule has 0 radical (unpaired) electrons. The summed E-state index contributed by atoms with van der Waals surface area (Å²) < 4.78 is 32.2. The van der Waals surface area contributed by atoms with Gasteiger partial charge in [0.2, 0.25) is 0 Å². The van der Waals surface area contributed by atoms with Crippen molar-refractivity contribution in [1.29, 1.82) is 10.5 Å². The van der Waals surface area contributed by atoms with Gasteiger partial charge in [0.15, 0.2) is 0 Å². The Morgan fingerprint density at radius 1 is 0.386 bits per heavy atom. The smallest absolute Gasteiger partial charge is 0.292 e. The van der Waals surface area contributed by atoms with Crippen LogP contribution in [0.1, 0.15) is 22.3 Å². The number of nitrogens with zero attached hydrogens (tertiary/aromatic N) is 2. The summed E-state index contributed by atoms with van der Waals surface area (Å²) in [4.78, 5) is 0. The SMILES string of the molecule is N#COc1ccc(/C=C/c2ccc(OCCOCCOCCOc3ccc(/C=C/c4ccc(OC#N)cc4)cc3)cc2)cc1. The van der Waals surface area contributed by atoms with E-state index >= 15 is 0 Å². The minimum atomic E-state index is 0.449. The minimum Gasteiger partial charge on any atom is -0.491 e. The molecule has 0 amide bonds. The van der Waals surface area contributed by atoms with Crippen molar-refractivity contribution in [3.63, 3.8) is 0 Å². The van der Waals surface area contributed by atoms with Gasteiger partial charge in [-0.15, -0.1) is 10.5 Å². The fraction of sp³-hybridized carbons (Fsp3) is 0.167. The van der Waals surface area contributed by atoms with E-state index in [1.807, 2.05) is 97.1 Å². The van der Waals surface area contributed by atoms with Gasteiger partial charge in [-0.1, -0.05) is 72.8 Å². The lowest BCUT2D eigenvalue weighted by Gasteiger charge is -2.09. The Kier molecular flexibility index (Phi) is 12.9. The quantitative estimate of drug-likeness (QED) is 0.0723. The lowest BCUT2D eigenvalue weighted by atomic mass is 10.1. The van der Waals surface area contributed by atoms with Crippen LogP contribution in [0.25, 0.3) is 24.3 Å². The van der Waals surface area contributed by atoms with Crippen LogP contribution in [-0.4, -0.2) is 39.6 Å². The van der Waals surface area contributed by atoms with Crippen LogP contribution < -0.4 is 18.9 Å². The van der Waals surface area contributed by atoms with Gasteiger partial charge in [0.1, 0.15) is 36.2 Å². The molecule has 0 atom stereocenters. The van der Waals surface area contributed by atoms with E-state index < -0.39 is 0 Å². The summed E-state index contributed by atoms with van der Waals surface area (Å²) in [5, 5.41) is 17.1. The van der Waals surface area contributed by atoms with E-state index in [-0.39, 0.29) is 0 Å². The van der Waals surface area contributed by atoms with E-state index in [9.17, 15) is 0 Å². The summed E-state index contributed by atoms with van der Waals surface area (Å²) in [6, 6.07) is 30.2. The van der Waals surface area contributed by atoms with Crippen molar-refractivity contribution in [2.24, 2.45) is 0 Å². The number of ether oxygens (including phenoxy) is 6. The Hall–Kier alpha value is -5.54. The van der Waals surface area contributed by atoms with E-state index in [2.05, 4.69) is 0 Å². The summed E-state index contributed by atoms with van der Waals surface area (Å²) in [5.74, 6) is 2.59. The molecule has 8 nitrogen and oxygen atoms in total. The molecule has 44 heavy (non-hydrogen) atoms. The summed E-state index contributed by atoms with van der Waals surface area (Å²) in [6.45, 7) is 2.79. The predicted octanol–water partition coefficient (Wildman–Crippen LogP) is 7.24. The van der Waals surface area contributed by atoms with E-state index in [4.69, 9.17) is 38.9 Å². The number of benzene rings is 4. The topological polar surface area (TPSA) is 103 Å². The van der Waals surface area contributed by atoms with Gasteiger partial charge in [0.25, 0.3) is 12.5 Å². The molecule has 0 aliphatic rings. The fourth-order valence-electron chi connectivity index (χ4n) is 3.89. The van der Waals surface area contributed by atoms with Crippen molar-refractivity contribution in [2.75, 3.05) is 39.6 Å². The molecule has 0 aliphatic carbocycles. The molecule has 0 spiro atoms. The first-order chi connectivity index (χ1) is 21.7. The van der Waals surface area contributed by atoms with Crippen molar-refractivity contribution >= 4 is 24.3 Å². The molecule has 0 N–H and O–H groups in total. The maximum absolute atomic E-state index is 8.55. The van der Waals surface area contributed by atoms with Crippen LogP contribution in [0.4, 0.5) is 0 Å². The molecule has 0 fully saturated rings. The third-order valence-corrected chi connectivity index (χ3v) is 6.15. The first kappa shape index (κ1) is 31.4. The van der Waals surface area contributed by atoms with Gasteiger partial charge in [0.05, 0.1) is 26.4 Å². The van der Waals surface area contributed by atoms with E-state index in [1.54, 1.807) is 36.8 Å². The zero-order valence-electron chi connectivity index (χ0n) is 24.1. The van der Waals surface area contributed by atoms with Crippen LogP contribution in [0.3, 0.4) is 0 Å². The summed E-state index contributed by atoms with van der Waals surface area (Å²) >= 11 is 0. The lowest BCUT2D eigenvalue weighted by Crippen LogP contribution is -2.13. The normalized spacial score (nSPS) is 10.8. The van der Waals surface area contributed by atoms with Crippen LogP contribution in [0.15, 0.2) is 97.1 Å². The van der Waals surface area contributed by atoms with Gasteiger partial charge < -0.3 is 28.4 Å². The van der Waals surface area contributed by atoms with Crippen molar-refractivity contribution in [1.82, 2.24) is 0 Å². The highest BCUT2D eigenvalue weighted by Gasteiger charge is 1.98. The van der Waals surface area contributed by atoms with Gasteiger partial charge >= 0.3 is 0 Å². The largest absolute Gasteiger partial charge is 0.491 e. The van der Waals surface area contributed by atoms with Crippen LogP contribution in [0.2, 0.25) is 0 Å². The van der Waals surface area contributed by atoms with Crippen molar-refractivity contribution in [2.45, 2.75) is 0 Å². The Morgan fingerprint density at radius 3 is 0.955 bits per heavy atom. The third-order valence-electron chi connectivity index (χ3n) is 6.15. The predicted molar refractivity (Wildman–Crippen MR) is 169 cm³/mol. The zero-order valence-corrected chi connectivity index (χ0v) is 24.1. The number of hydrogen-bond acceptors (Lipinski definition) is 8. The van der Waals surface area contributed by atoms with E-state index in [0.29, 0.717) is 51.1 Å². The number of rotatable bonds is 17. The molecule has 4 aromatic rings. The van der Waals surface area contributed by atoms with Crippen LogP contribution in [0.5, 0.6) is 23.0 Å². The highest BCUT2D eigenvalue weighted by molar-refractivity contribution is 5.71. The molecular formula is C36H32N2O6. The Balaban J connectivity index is 1.01. The molecule has 0 heterocycles. The van der Waals surface area contributed by atoms with Crippen molar-refractivity contribution in [3.8, 4) is 35.5 Å². The first-order valence-corrected chi connectivity index (χ1v) is 14.0. The highest BCUT2D eigenvalue weighted by Crippen LogP contribution is 2.18. The zero-order chi connectivity index (χ0) is 30.7. The minimum absolute atomic E-state index is 0.449. The summed E-state index contributed by atoms with van der Waals surface area (Å²) in [5.41, 5.74) is 4.11. The third kappa shape index (κ3) is 11.4. The van der Waals surface area contributed by atoms with Crippen molar-refractivity contribution in [3.05, 3.63) is 119 Å². The Morgan fingerprint density at radius 2 is 0.659 bits per heavy atom. The summed E-state index contributed by atoms with van der Waals surface area (Å²) in [7, 11) is 0. The second-order valence-electron chi connectivity index (χ2n) is 9.25. The lowest BCUT2D eigenvalue weighted by molar-refractivity contribution is 0.0273. The standard InChI is InChI=1S/C36H32N2O6/c37-27-43-35-17-9-31(10-18-35)3-1-29-5-13-33(14-6-29)41-25-23-39-21-22-40-24-26-42-34-15-7-30(8-16-34)2-4-32-11-19-36(20-12-32)44-28-38/h1-20H,21-26H2/b3-1+,4-2+. The van der Waals surface area contributed by atoms with Crippen LogP contribution >= 0.6 is 0 Å². The second-order valence-corrected chi connectivity index (χ2v) is 9.25. The Labute approximate surface area is 257 Å². The Bertz CT molecular complexity index is 1430. The van der Waals surface area contributed by atoms with Gasteiger partial charge in [0, 0.05) is 0 Å². The molecule has 0 saturated carbocycles. The maximum atomic E-state index is 8.55. The summed E-state index contributed by atoms with van der Waals surface area (Å²) in [6.07, 6.45) is 11.3. The molecule has 0 aromatic heterocycles. The maximum Gasteiger partial charge on any atom is 0.292 e. The molecule has 8 heteroatoms. The number of hydrogen-bond donors (Lipinski definition) is 0. The van der Waals surface area contributed by atoms with E-state index in [1.165, 1.54) is 0 Å². The second kappa shape index (κ2) is 18.1. The molecule has 0 bridgehead atoms. The average Bonchev–Trinajstić information content (AvgIpc) is 3.06. The molecule has 0 saturated heterocycles. The van der Waals surface area contributed by atoms with Gasteiger partial charge in [-0.2, -0.15) is 0 Å². The molecule has 4 rings (SSSR count). The molecule has 4 aromatic carbocycles. The molecule has 0 aliphatic heterocycles. The molecule has 0 unspecified atom stereocenters. The van der Waals surface area contributed by atoms with Crippen LogP contribution in [-0.2, 0) is 9.47 Å². The van der Waals surface area contributed by atoms with Gasteiger partial charge in [-0.25, -0.2) is 0 Å². The first-order valence-electron chi connectivity index (χ1n) is 14.0. The molecular weight excluding hydrogens is 556 g/mol. The van der Waals surface area contributed by atoms with Gasteiger partial charge in [-0.3, -0.25) is 0 Å². The van der Waals surface area contributed by atoms with E-state index in [0.717, 1.165) is 33.8 Å². The van der Waals surface area contributed by atoms with Gasteiger partial charge in [-0.05, 0) is 70.8 Å².